The van der Waals surface area contributed by atoms with Crippen LogP contribution in [-0.2, 0) is 0 Å². The number of hydrogen-bond acceptors (Lipinski definition) is 4. The first-order valence-electron chi connectivity index (χ1n) is 9.97. The molecule has 2 N–H and O–H groups in total. The molecule has 1 fully saturated rings. The Morgan fingerprint density at radius 2 is 1.97 bits per heavy atom. The van der Waals surface area contributed by atoms with Crippen molar-refractivity contribution >= 4 is 29.0 Å². The van der Waals surface area contributed by atoms with Gasteiger partial charge in [0.2, 0.25) is 0 Å². The molecule has 0 spiro atoms. The fourth-order valence-corrected chi connectivity index (χ4v) is 3.95. The maximum Gasteiger partial charge on any atom is 0.251 e. The molecule has 0 aliphatic heterocycles. The molecule has 3 rings (SSSR count). The third kappa shape index (κ3) is 5.60. The number of rotatable bonds is 6. The minimum atomic E-state index is -0.519. The van der Waals surface area contributed by atoms with E-state index < -0.39 is 5.82 Å². The van der Waals surface area contributed by atoms with Crippen molar-refractivity contribution < 1.29 is 9.18 Å². The molecule has 0 radical (unpaired) electrons. The smallest absolute Gasteiger partial charge is 0.251 e. The highest BCUT2D eigenvalue weighted by Gasteiger charge is 2.22. The Morgan fingerprint density at radius 1 is 1.24 bits per heavy atom. The van der Waals surface area contributed by atoms with Crippen molar-refractivity contribution in [3.05, 3.63) is 52.4 Å². The third-order valence-corrected chi connectivity index (χ3v) is 5.78. The number of amides is 1. The quantitative estimate of drug-likeness (QED) is 0.717. The Morgan fingerprint density at radius 3 is 2.62 bits per heavy atom. The van der Waals surface area contributed by atoms with E-state index in [0.717, 1.165) is 37.1 Å². The summed E-state index contributed by atoms with van der Waals surface area (Å²) >= 11 is 5.76. The zero-order valence-electron chi connectivity index (χ0n) is 17.1. The maximum absolute atomic E-state index is 13.2. The third-order valence-electron chi connectivity index (χ3n) is 5.49. The van der Waals surface area contributed by atoms with Gasteiger partial charge in [0, 0.05) is 50.2 Å². The van der Waals surface area contributed by atoms with Gasteiger partial charge in [-0.25, -0.2) is 9.37 Å². The Hall–Kier alpha value is -2.34. The molecule has 1 saturated carbocycles. The van der Waals surface area contributed by atoms with Crippen molar-refractivity contribution in [2.24, 2.45) is 5.92 Å². The second-order valence-corrected chi connectivity index (χ2v) is 8.36. The summed E-state index contributed by atoms with van der Waals surface area (Å²) in [5.74, 6) is 0.613. The van der Waals surface area contributed by atoms with E-state index in [-0.39, 0.29) is 10.9 Å². The Balaban J connectivity index is 1.46. The number of pyridine rings is 1. The summed E-state index contributed by atoms with van der Waals surface area (Å²) < 4.78 is 13.2. The highest BCUT2D eigenvalue weighted by molar-refractivity contribution is 6.31. The molecule has 0 bridgehead atoms. The van der Waals surface area contributed by atoms with Gasteiger partial charge in [-0.05, 0) is 62.3 Å². The topological polar surface area (TPSA) is 57.3 Å². The molecule has 7 heteroatoms. The molecule has 1 amide bonds. The second-order valence-electron chi connectivity index (χ2n) is 7.95. The van der Waals surface area contributed by atoms with Crippen molar-refractivity contribution in [1.29, 1.82) is 0 Å². The SMILES string of the molecule is Cc1cnc(NC2CCC(CNC(=O)c3ccc(F)c(Cl)c3)CC2)cc1N(C)C. The second kappa shape index (κ2) is 9.44. The highest BCUT2D eigenvalue weighted by Crippen LogP contribution is 2.27. The van der Waals surface area contributed by atoms with Gasteiger partial charge in [0.25, 0.3) is 5.91 Å². The van der Waals surface area contributed by atoms with E-state index in [1.54, 1.807) is 0 Å². The molecular weight excluding hydrogens is 391 g/mol. The van der Waals surface area contributed by atoms with Crippen LogP contribution in [0, 0.1) is 18.7 Å². The molecule has 156 valence electrons. The summed E-state index contributed by atoms with van der Waals surface area (Å²) in [7, 11) is 4.07. The van der Waals surface area contributed by atoms with Gasteiger partial charge in [-0.2, -0.15) is 0 Å². The molecule has 1 aliphatic carbocycles. The molecule has 0 saturated heterocycles. The number of nitrogens with one attached hydrogen (secondary N) is 2. The largest absolute Gasteiger partial charge is 0.377 e. The van der Waals surface area contributed by atoms with Gasteiger partial charge in [0.15, 0.2) is 0 Å². The zero-order chi connectivity index (χ0) is 21.0. The first-order chi connectivity index (χ1) is 13.8. The van der Waals surface area contributed by atoms with E-state index in [1.807, 2.05) is 20.3 Å². The van der Waals surface area contributed by atoms with Gasteiger partial charge in [0.1, 0.15) is 11.6 Å². The van der Waals surface area contributed by atoms with Crippen molar-refractivity contribution in [3.8, 4) is 0 Å². The summed E-state index contributed by atoms with van der Waals surface area (Å²) in [6, 6.07) is 6.52. The summed E-state index contributed by atoms with van der Waals surface area (Å²) in [5.41, 5.74) is 2.70. The number of aryl methyl sites for hydroxylation is 1. The lowest BCUT2D eigenvalue weighted by atomic mass is 9.86. The van der Waals surface area contributed by atoms with Crippen LogP contribution in [-0.4, -0.2) is 37.6 Å². The standard InChI is InChI=1S/C22H28ClFN4O/c1-14-12-25-21(11-20(14)28(2)3)27-17-7-4-15(5-8-17)13-26-22(29)16-6-9-19(24)18(23)10-16/h6,9-12,15,17H,4-5,7-8,13H2,1-3H3,(H,25,27)(H,26,29). The van der Waals surface area contributed by atoms with Crippen LogP contribution in [0.4, 0.5) is 15.9 Å². The van der Waals surface area contributed by atoms with Crippen molar-refractivity contribution in [2.75, 3.05) is 30.9 Å². The van der Waals surface area contributed by atoms with Crippen LogP contribution in [0.1, 0.15) is 41.6 Å². The van der Waals surface area contributed by atoms with E-state index in [9.17, 15) is 9.18 Å². The van der Waals surface area contributed by atoms with E-state index in [0.29, 0.717) is 24.1 Å². The number of nitrogens with zero attached hydrogens (tertiary/aromatic N) is 2. The van der Waals surface area contributed by atoms with Gasteiger partial charge in [-0.15, -0.1) is 0 Å². The van der Waals surface area contributed by atoms with E-state index in [1.165, 1.54) is 23.9 Å². The van der Waals surface area contributed by atoms with Crippen molar-refractivity contribution in [3.63, 3.8) is 0 Å². The van der Waals surface area contributed by atoms with Crippen LogP contribution < -0.4 is 15.5 Å². The lowest BCUT2D eigenvalue weighted by molar-refractivity contribution is 0.0943. The highest BCUT2D eigenvalue weighted by atomic mass is 35.5. The number of carbonyl (C=O) groups excluding carboxylic acids is 1. The summed E-state index contributed by atoms with van der Waals surface area (Å²) in [6.45, 7) is 2.68. The van der Waals surface area contributed by atoms with Crippen LogP contribution in [0.15, 0.2) is 30.5 Å². The lowest BCUT2D eigenvalue weighted by Crippen LogP contribution is -2.34. The fourth-order valence-electron chi connectivity index (χ4n) is 3.77. The monoisotopic (exact) mass is 418 g/mol. The first-order valence-corrected chi connectivity index (χ1v) is 10.3. The van der Waals surface area contributed by atoms with Crippen LogP contribution in [0.5, 0.6) is 0 Å². The number of carbonyl (C=O) groups is 1. The molecule has 1 heterocycles. The average Bonchev–Trinajstić information content (AvgIpc) is 2.70. The molecule has 29 heavy (non-hydrogen) atoms. The Bertz CT molecular complexity index is 866. The summed E-state index contributed by atoms with van der Waals surface area (Å²) in [6.07, 6.45) is 6.05. The van der Waals surface area contributed by atoms with Crippen molar-refractivity contribution in [2.45, 2.75) is 38.6 Å². The van der Waals surface area contributed by atoms with E-state index >= 15 is 0 Å². The van der Waals surface area contributed by atoms with Gasteiger partial charge >= 0.3 is 0 Å². The number of aromatic nitrogens is 1. The summed E-state index contributed by atoms with van der Waals surface area (Å²) in [5, 5.41) is 6.46. The Kier molecular flexibility index (Phi) is 6.96. The average molecular weight is 419 g/mol. The number of halogens is 2. The van der Waals surface area contributed by atoms with Gasteiger partial charge in [-0.3, -0.25) is 4.79 Å². The zero-order valence-corrected chi connectivity index (χ0v) is 17.9. The number of hydrogen-bond donors (Lipinski definition) is 2. The minimum Gasteiger partial charge on any atom is -0.377 e. The molecule has 1 aromatic carbocycles. The molecule has 1 aliphatic rings. The first kappa shape index (κ1) is 21.4. The predicted molar refractivity (Wildman–Crippen MR) is 116 cm³/mol. The number of benzene rings is 1. The van der Waals surface area contributed by atoms with Crippen LogP contribution in [0.25, 0.3) is 0 Å². The van der Waals surface area contributed by atoms with Crippen LogP contribution in [0.3, 0.4) is 0 Å². The van der Waals surface area contributed by atoms with Crippen LogP contribution in [0.2, 0.25) is 5.02 Å². The molecule has 0 unspecified atom stereocenters. The van der Waals surface area contributed by atoms with Crippen LogP contribution >= 0.6 is 11.6 Å². The Labute approximate surface area is 176 Å². The van der Waals surface area contributed by atoms with E-state index in [2.05, 4.69) is 33.5 Å². The van der Waals surface area contributed by atoms with Gasteiger partial charge in [-0.1, -0.05) is 11.6 Å². The predicted octanol–water partition coefficient (Wildman–Crippen LogP) is 4.65. The molecule has 1 aromatic heterocycles. The minimum absolute atomic E-state index is 0.0358. The molecular formula is C22H28ClFN4O. The normalized spacial score (nSPS) is 18.9. The summed E-state index contributed by atoms with van der Waals surface area (Å²) in [4.78, 5) is 18.9. The van der Waals surface area contributed by atoms with Gasteiger partial charge < -0.3 is 15.5 Å². The fraction of sp³-hybridized carbons (Fsp3) is 0.455. The molecule has 5 nitrogen and oxygen atoms in total. The van der Waals surface area contributed by atoms with Gasteiger partial charge in [0.05, 0.1) is 5.02 Å². The lowest BCUT2D eigenvalue weighted by Gasteiger charge is -2.30. The number of anilines is 2. The maximum atomic E-state index is 13.2. The molecule has 0 atom stereocenters. The van der Waals surface area contributed by atoms with Crippen molar-refractivity contribution in [1.82, 2.24) is 10.3 Å². The van der Waals surface area contributed by atoms with E-state index in [4.69, 9.17) is 11.6 Å². The molecule has 2 aromatic rings.